The van der Waals surface area contributed by atoms with E-state index in [0.29, 0.717) is 0 Å². The van der Waals surface area contributed by atoms with Crippen LogP contribution in [-0.4, -0.2) is 79.4 Å². The van der Waals surface area contributed by atoms with Crippen LogP contribution in [0.1, 0.15) is 69.2 Å². The van der Waals surface area contributed by atoms with E-state index in [9.17, 15) is 9.90 Å². The fraction of sp³-hybridized carbons (Fsp3) is 0.889. The van der Waals surface area contributed by atoms with Gasteiger partial charge in [-0.3, -0.25) is 0 Å². The summed E-state index contributed by atoms with van der Waals surface area (Å²) in [6.45, 7) is 23.2. The van der Waals surface area contributed by atoms with Gasteiger partial charge in [0.05, 0.1) is 12.7 Å². The second-order valence-corrected chi connectivity index (χ2v) is 18.8. The predicted molar refractivity (Wildman–Crippen MR) is 141 cm³/mol. The van der Waals surface area contributed by atoms with Crippen molar-refractivity contribution in [3.63, 3.8) is 0 Å². The highest BCUT2D eigenvalue weighted by Gasteiger charge is 2.74. The van der Waals surface area contributed by atoms with Crippen LogP contribution in [0.15, 0.2) is 0 Å². The second kappa shape index (κ2) is 9.19. The number of hydrogen-bond acceptors (Lipinski definition) is 8. The summed E-state index contributed by atoms with van der Waals surface area (Å²) in [7, 11) is -2.28. The minimum Gasteiger partial charge on any atom is -0.444 e. The molecular formula is C27H47NO8Si. The molecule has 1 saturated carbocycles. The van der Waals surface area contributed by atoms with Crippen molar-refractivity contribution >= 4 is 14.4 Å². The van der Waals surface area contributed by atoms with Gasteiger partial charge >= 0.3 is 6.09 Å². The van der Waals surface area contributed by atoms with E-state index < -0.39 is 67.0 Å². The zero-order chi connectivity index (χ0) is 28.5. The molecule has 0 bridgehead atoms. The van der Waals surface area contributed by atoms with Crippen LogP contribution in [0, 0.1) is 18.3 Å². The lowest BCUT2D eigenvalue weighted by molar-refractivity contribution is -0.254. The van der Waals surface area contributed by atoms with E-state index in [4.69, 9.17) is 34.5 Å². The maximum atomic E-state index is 13.2. The minimum absolute atomic E-state index is 0.0610. The van der Waals surface area contributed by atoms with Crippen molar-refractivity contribution in [3.8, 4) is 12.3 Å². The zero-order valence-corrected chi connectivity index (χ0v) is 25.6. The van der Waals surface area contributed by atoms with Gasteiger partial charge in [-0.15, -0.1) is 6.42 Å². The van der Waals surface area contributed by atoms with E-state index in [2.05, 4.69) is 45.1 Å². The van der Waals surface area contributed by atoms with Crippen LogP contribution in [0.25, 0.3) is 0 Å². The average Bonchev–Trinajstić information content (AvgIpc) is 3.20. The third-order valence-corrected chi connectivity index (χ3v) is 12.5. The van der Waals surface area contributed by atoms with E-state index in [1.54, 1.807) is 48.5 Å². The highest BCUT2D eigenvalue weighted by molar-refractivity contribution is 6.74. The highest BCUT2D eigenvalue weighted by atomic mass is 28.4. The number of carbonyl (C=O) groups excluding carboxylic acids is 1. The Bertz CT molecular complexity index is 930. The number of amides is 1. The molecule has 2 aliphatic heterocycles. The van der Waals surface area contributed by atoms with Crippen molar-refractivity contribution < 1.29 is 38.0 Å². The highest BCUT2D eigenvalue weighted by Crippen LogP contribution is 2.54. The van der Waals surface area contributed by atoms with Crippen LogP contribution < -0.4 is 5.32 Å². The Balaban J connectivity index is 2.14. The molecule has 2 saturated heterocycles. The predicted octanol–water partition coefficient (Wildman–Crippen LogP) is 3.94. The van der Waals surface area contributed by atoms with Gasteiger partial charge in [-0.2, -0.15) is 0 Å². The number of fused-ring (bicyclic) bond motifs is 2. The lowest BCUT2D eigenvalue weighted by atomic mass is 9.62. The summed E-state index contributed by atoms with van der Waals surface area (Å²) < 4.78 is 37.3. The lowest BCUT2D eigenvalue weighted by Gasteiger charge is -2.55. The molecule has 0 aromatic heterocycles. The molecule has 0 aromatic carbocycles. The van der Waals surface area contributed by atoms with Gasteiger partial charge in [-0.05, 0) is 66.6 Å². The Morgan fingerprint density at radius 3 is 2.11 bits per heavy atom. The van der Waals surface area contributed by atoms with E-state index in [1.165, 1.54) is 0 Å². The van der Waals surface area contributed by atoms with E-state index in [0.717, 1.165) is 0 Å². The molecule has 0 aromatic rings. The Kier molecular flexibility index (Phi) is 7.54. The molecule has 1 aliphatic carbocycles. The van der Waals surface area contributed by atoms with Crippen LogP contribution in [0.2, 0.25) is 18.1 Å². The third-order valence-electron chi connectivity index (χ3n) is 7.95. The number of carbonyl (C=O) groups is 1. The maximum absolute atomic E-state index is 13.2. The Hall–Kier alpha value is -1.19. The first kappa shape index (κ1) is 30.3. The number of hydrogen-bond donors (Lipinski definition) is 2. The summed E-state index contributed by atoms with van der Waals surface area (Å²) in [6, 6.07) is 0. The maximum Gasteiger partial charge on any atom is 0.408 e. The first-order valence-corrected chi connectivity index (χ1v) is 15.9. The van der Waals surface area contributed by atoms with Gasteiger partial charge in [-0.25, -0.2) is 4.79 Å². The Labute approximate surface area is 223 Å². The summed E-state index contributed by atoms with van der Waals surface area (Å²) in [5, 5.41) is 14.9. The molecule has 3 aliphatic rings. The topological polar surface area (TPSA) is 105 Å². The standard InChI is InChI=1S/C27H47NO8Si/c1-14-26(28-21(30)35-22(2,3)4)17(15-32-37(12,13)23(5,6)7)18(29)27(16-31-24(8,9)36-27)20-19(26)33-25(10,11)34-20/h1,17-20,29H,15-16H2,2-13H3,(H,28,30)/t17-,18-,19-,20+,26-,27+/m1/s1. The van der Waals surface area contributed by atoms with Gasteiger partial charge in [-0.1, -0.05) is 26.7 Å². The van der Waals surface area contributed by atoms with Gasteiger partial charge in [0, 0.05) is 12.5 Å². The number of aliphatic hydroxyl groups is 1. The van der Waals surface area contributed by atoms with Crippen LogP contribution in [0.5, 0.6) is 0 Å². The lowest BCUT2D eigenvalue weighted by Crippen LogP contribution is -2.78. The quantitative estimate of drug-likeness (QED) is 0.407. The SMILES string of the molecule is C#C[C@@]1(NC(=O)OC(C)(C)C)[C@H](CO[Si](C)(C)C(C)(C)C)[C@@H](O)[C@@]2(COC(C)(C)O2)[C@H]2OC(C)(C)O[C@H]21. The Morgan fingerprint density at radius 2 is 1.65 bits per heavy atom. The average molecular weight is 542 g/mol. The van der Waals surface area contributed by atoms with Crippen LogP contribution in [0.3, 0.4) is 0 Å². The molecule has 1 spiro atoms. The largest absolute Gasteiger partial charge is 0.444 e. The van der Waals surface area contributed by atoms with E-state index >= 15 is 0 Å². The van der Waals surface area contributed by atoms with Crippen LogP contribution in [0.4, 0.5) is 4.79 Å². The number of nitrogens with one attached hydrogen (secondary N) is 1. The fourth-order valence-electron chi connectivity index (χ4n) is 5.11. The molecule has 2 heterocycles. The van der Waals surface area contributed by atoms with Gasteiger partial charge in [0.2, 0.25) is 0 Å². The van der Waals surface area contributed by atoms with Crippen LogP contribution >= 0.6 is 0 Å². The molecule has 2 N–H and O–H groups in total. The molecular weight excluding hydrogens is 494 g/mol. The first-order chi connectivity index (χ1) is 16.5. The number of terminal acetylenes is 1. The van der Waals surface area contributed by atoms with Gasteiger partial charge in [0.1, 0.15) is 28.9 Å². The van der Waals surface area contributed by atoms with Gasteiger partial charge < -0.3 is 38.5 Å². The summed E-state index contributed by atoms with van der Waals surface area (Å²) in [5.74, 6) is -0.0712. The van der Waals surface area contributed by atoms with Crippen molar-refractivity contribution in [1.82, 2.24) is 5.32 Å². The number of aliphatic hydroxyl groups excluding tert-OH is 1. The van der Waals surface area contributed by atoms with E-state index in [-0.39, 0.29) is 18.3 Å². The molecule has 3 fully saturated rings. The van der Waals surface area contributed by atoms with Crippen molar-refractivity contribution in [2.75, 3.05) is 13.2 Å². The molecule has 6 atom stereocenters. The second-order valence-electron chi connectivity index (χ2n) is 14.0. The van der Waals surface area contributed by atoms with Crippen molar-refractivity contribution in [2.24, 2.45) is 5.92 Å². The first-order valence-electron chi connectivity index (χ1n) is 13.0. The minimum atomic E-state index is -2.28. The molecule has 9 nitrogen and oxygen atoms in total. The van der Waals surface area contributed by atoms with Crippen molar-refractivity contribution in [3.05, 3.63) is 0 Å². The van der Waals surface area contributed by atoms with Gasteiger partial charge in [0.25, 0.3) is 0 Å². The van der Waals surface area contributed by atoms with Gasteiger partial charge in [0.15, 0.2) is 19.9 Å². The molecule has 1 amide bonds. The summed E-state index contributed by atoms with van der Waals surface area (Å²) in [4.78, 5) is 13.2. The molecule has 10 heteroatoms. The smallest absolute Gasteiger partial charge is 0.408 e. The Morgan fingerprint density at radius 1 is 1.08 bits per heavy atom. The summed E-state index contributed by atoms with van der Waals surface area (Å²) in [6.07, 6.45) is 2.57. The fourth-order valence-corrected chi connectivity index (χ4v) is 6.14. The molecule has 0 unspecified atom stereocenters. The number of ether oxygens (including phenoxy) is 5. The molecule has 3 rings (SSSR count). The van der Waals surface area contributed by atoms with Crippen molar-refractivity contribution in [2.45, 2.75) is 134 Å². The number of rotatable bonds is 4. The normalized spacial score (nSPS) is 37.2. The third kappa shape index (κ3) is 5.60. The molecule has 0 radical (unpaired) electrons. The summed E-state index contributed by atoms with van der Waals surface area (Å²) in [5.41, 5.74) is -3.58. The number of alkyl carbamates (subject to hydrolysis) is 1. The molecule has 212 valence electrons. The van der Waals surface area contributed by atoms with E-state index in [1.807, 2.05) is 0 Å². The summed E-state index contributed by atoms with van der Waals surface area (Å²) >= 11 is 0. The monoisotopic (exact) mass is 541 g/mol. The zero-order valence-electron chi connectivity index (χ0n) is 24.6. The van der Waals surface area contributed by atoms with Crippen molar-refractivity contribution in [1.29, 1.82) is 0 Å². The van der Waals surface area contributed by atoms with Crippen LogP contribution in [-0.2, 0) is 28.1 Å². The molecule has 37 heavy (non-hydrogen) atoms.